The second-order valence-electron chi connectivity index (χ2n) is 5.53. The Kier molecular flexibility index (Phi) is 5.80. The first-order valence-corrected chi connectivity index (χ1v) is 8.62. The maximum atomic E-state index is 13.0. The van der Waals surface area contributed by atoms with Crippen molar-refractivity contribution in [2.45, 2.75) is 13.5 Å². The zero-order chi connectivity index (χ0) is 18.4. The molecular weight excluding hydrogens is 351 g/mol. The van der Waals surface area contributed by atoms with Gasteiger partial charge in [0.15, 0.2) is 10.9 Å². The lowest BCUT2D eigenvalue weighted by atomic mass is 10.2. The number of para-hydroxylation sites is 2. The highest BCUT2D eigenvalue weighted by Gasteiger charge is 2.06. The molecule has 26 heavy (non-hydrogen) atoms. The Balaban J connectivity index is 1.60. The molecule has 0 saturated carbocycles. The van der Waals surface area contributed by atoms with E-state index >= 15 is 0 Å². The lowest BCUT2D eigenvalue weighted by Gasteiger charge is -2.13. The second-order valence-corrected chi connectivity index (χ2v) is 5.94. The lowest BCUT2D eigenvalue weighted by Crippen LogP contribution is -2.20. The quantitative estimate of drug-likeness (QED) is 0.635. The van der Waals surface area contributed by atoms with Crippen molar-refractivity contribution in [1.82, 2.24) is 9.78 Å². The summed E-state index contributed by atoms with van der Waals surface area (Å²) in [5.74, 6) is 1.11. The molecule has 0 amide bonds. The molecular formula is C19H19FN4OS. The third kappa shape index (κ3) is 4.80. The number of thiocarbonyl (C=S) groups is 1. The molecule has 1 aromatic heterocycles. The van der Waals surface area contributed by atoms with Crippen molar-refractivity contribution >= 4 is 28.8 Å². The van der Waals surface area contributed by atoms with Gasteiger partial charge in [-0.05, 0) is 49.0 Å². The van der Waals surface area contributed by atoms with Crippen molar-refractivity contribution in [2.75, 3.05) is 17.2 Å². The van der Waals surface area contributed by atoms with Gasteiger partial charge in [0.25, 0.3) is 0 Å². The number of aromatic nitrogens is 2. The molecule has 0 spiro atoms. The van der Waals surface area contributed by atoms with Crippen molar-refractivity contribution in [1.29, 1.82) is 0 Å². The topological polar surface area (TPSA) is 51.1 Å². The third-order valence-electron chi connectivity index (χ3n) is 3.58. The van der Waals surface area contributed by atoms with Crippen molar-refractivity contribution in [3.63, 3.8) is 0 Å². The second kappa shape index (κ2) is 8.44. The SMILES string of the molecule is CCOc1ccccc1NC(=S)Nc1ccn(Cc2ccc(F)cc2)n1. The van der Waals surface area contributed by atoms with Crippen LogP contribution in [0.3, 0.4) is 0 Å². The van der Waals surface area contributed by atoms with Gasteiger partial charge in [0.2, 0.25) is 0 Å². The minimum atomic E-state index is -0.250. The summed E-state index contributed by atoms with van der Waals surface area (Å²) in [6, 6.07) is 15.8. The molecule has 0 bridgehead atoms. The molecule has 0 aliphatic rings. The first kappa shape index (κ1) is 17.9. The summed E-state index contributed by atoms with van der Waals surface area (Å²) in [4.78, 5) is 0. The minimum absolute atomic E-state index is 0.250. The summed E-state index contributed by atoms with van der Waals surface area (Å²) in [5.41, 5.74) is 1.75. The first-order valence-electron chi connectivity index (χ1n) is 8.22. The maximum Gasteiger partial charge on any atom is 0.176 e. The van der Waals surface area contributed by atoms with Crippen LogP contribution >= 0.6 is 12.2 Å². The normalized spacial score (nSPS) is 10.4. The molecule has 0 aliphatic heterocycles. The minimum Gasteiger partial charge on any atom is -0.492 e. The molecule has 0 aliphatic carbocycles. The van der Waals surface area contributed by atoms with E-state index in [1.54, 1.807) is 16.8 Å². The third-order valence-corrected chi connectivity index (χ3v) is 3.78. The highest BCUT2D eigenvalue weighted by Crippen LogP contribution is 2.23. The molecule has 0 saturated heterocycles. The Morgan fingerprint density at radius 2 is 1.88 bits per heavy atom. The molecule has 0 atom stereocenters. The molecule has 0 unspecified atom stereocenters. The van der Waals surface area contributed by atoms with E-state index in [0.717, 1.165) is 17.0 Å². The van der Waals surface area contributed by atoms with Crippen LogP contribution in [0.1, 0.15) is 12.5 Å². The van der Waals surface area contributed by atoms with Gasteiger partial charge in [-0.15, -0.1) is 0 Å². The van der Waals surface area contributed by atoms with Crippen LogP contribution < -0.4 is 15.4 Å². The Labute approximate surface area is 156 Å². The monoisotopic (exact) mass is 370 g/mol. The zero-order valence-corrected chi connectivity index (χ0v) is 15.1. The van der Waals surface area contributed by atoms with Crippen LogP contribution in [0.2, 0.25) is 0 Å². The molecule has 7 heteroatoms. The molecule has 2 aromatic carbocycles. The summed E-state index contributed by atoms with van der Waals surface area (Å²) >= 11 is 5.35. The van der Waals surface area contributed by atoms with Gasteiger partial charge in [-0.3, -0.25) is 4.68 Å². The fraction of sp³-hybridized carbons (Fsp3) is 0.158. The van der Waals surface area contributed by atoms with Crippen molar-refractivity contribution in [3.05, 3.63) is 72.2 Å². The van der Waals surface area contributed by atoms with Gasteiger partial charge in [0.05, 0.1) is 18.8 Å². The fourth-order valence-electron chi connectivity index (χ4n) is 2.41. The van der Waals surface area contributed by atoms with E-state index in [9.17, 15) is 4.39 Å². The largest absolute Gasteiger partial charge is 0.492 e. The van der Waals surface area contributed by atoms with E-state index in [2.05, 4.69) is 15.7 Å². The average Bonchev–Trinajstić information content (AvgIpc) is 3.05. The first-order chi connectivity index (χ1) is 12.6. The highest BCUT2D eigenvalue weighted by molar-refractivity contribution is 7.80. The van der Waals surface area contributed by atoms with Crippen LogP contribution in [0.5, 0.6) is 5.75 Å². The van der Waals surface area contributed by atoms with Crippen LogP contribution in [0.15, 0.2) is 60.8 Å². The Morgan fingerprint density at radius 3 is 2.65 bits per heavy atom. The van der Waals surface area contributed by atoms with E-state index in [-0.39, 0.29) is 5.82 Å². The van der Waals surface area contributed by atoms with Gasteiger partial charge < -0.3 is 15.4 Å². The van der Waals surface area contributed by atoms with Crippen molar-refractivity contribution in [3.8, 4) is 5.75 Å². The Bertz CT molecular complexity index is 879. The van der Waals surface area contributed by atoms with E-state index in [0.29, 0.717) is 24.1 Å². The maximum absolute atomic E-state index is 13.0. The van der Waals surface area contributed by atoms with Gasteiger partial charge in [0, 0.05) is 12.3 Å². The summed E-state index contributed by atoms with van der Waals surface area (Å²) < 4.78 is 20.3. The molecule has 134 valence electrons. The average molecular weight is 370 g/mol. The van der Waals surface area contributed by atoms with Gasteiger partial charge in [-0.2, -0.15) is 5.10 Å². The molecule has 0 fully saturated rings. The van der Waals surface area contributed by atoms with Gasteiger partial charge in [0.1, 0.15) is 11.6 Å². The number of benzene rings is 2. The number of halogens is 1. The van der Waals surface area contributed by atoms with Crippen LogP contribution in [0.25, 0.3) is 0 Å². The van der Waals surface area contributed by atoms with Crippen LogP contribution in [-0.2, 0) is 6.54 Å². The summed E-state index contributed by atoms with van der Waals surface area (Å²) in [6.07, 6.45) is 1.84. The zero-order valence-electron chi connectivity index (χ0n) is 14.3. The van der Waals surface area contributed by atoms with Crippen molar-refractivity contribution in [2.24, 2.45) is 0 Å². The predicted octanol–water partition coefficient (Wildman–Crippen LogP) is 4.28. The van der Waals surface area contributed by atoms with Gasteiger partial charge in [-0.1, -0.05) is 24.3 Å². The van der Waals surface area contributed by atoms with Gasteiger partial charge >= 0.3 is 0 Å². The molecule has 3 aromatic rings. The summed E-state index contributed by atoms with van der Waals surface area (Å²) in [7, 11) is 0. The summed E-state index contributed by atoms with van der Waals surface area (Å²) in [5, 5.41) is 11.0. The highest BCUT2D eigenvalue weighted by atomic mass is 32.1. The number of anilines is 2. The number of nitrogens with zero attached hydrogens (tertiary/aromatic N) is 2. The smallest absolute Gasteiger partial charge is 0.176 e. The molecule has 1 heterocycles. The number of ether oxygens (including phenoxy) is 1. The number of nitrogens with one attached hydrogen (secondary N) is 2. The van der Waals surface area contributed by atoms with Crippen LogP contribution in [-0.4, -0.2) is 21.5 Å². The van der Waals surface area contributed by atoms with E-state index in [1.165, 1.54) is 12.1 Å². The number of rotatable bonds is 6. The Hall–Kier alpha value is -2.93. The standard InChI is InChI=1S/C19H19FN4OS/c1-2-25-17-6-4-3-5-16(17)21-19(26)22-18-11-12-24(23-18)13-14-7-9-15(20)10-8-14/h3-12H,2,13H2,1H3,(H2,21,22,23,26). The lowest BCUT2D eigenvalue weighted by molar-refractivity contribution is 0.342. The predicted molar refractivity (Wildman–Crippen MR) is 105 cm³/mol. The Morgan fingerprint density at radius 1 is 1.12 bits per heavy atom. The van der Waals surface area contributed by atoms with E-state index in [1.807, 2.05) is 43.5 Å². The van der Waals surface area contributed by atoms with Crippen LogP contribution in [0, 0.1) is 5.82 Å². The van der Waals surface area contributed by atoms with E-state index < -0.39 is 0 Å². The number of hydrogen-bond acceptors (Lipinski definition) is 3. The molecule has 0 radical (unpaired) electrons. The summed E-state index contributed by atoms with van der Waals surface area (Å²) in [6.45, 7) is 3.06. The fourth-order valence-corrected chi connectivity index (χ4v) is 2.63. The van der Waals surface area contributed by atoms with Crippen LogP contribution in [0.4, 0.5) is 15.9 Å². The molecule has 2 N–H and O–H groups in total. The van der Waals surface area contributed by atoms with Gasteiger partial charge in [-0.25, -0.2) is 4.39 Å². The molecule has 5 nitrogen and oxygen atoms in total. The van der Waals surface area contributed by atoms with E-state index in [4.69, 9.17) is 17.0 Å². The molecule has 3 rings (SSSR count). The van der Waals surface area contributed by atoms with Crippen molar-refractivity contribution < 1.29 is 9.13 Å². The number of hydrogen-bond donors (Lipinski definition) is 2.